The van der Waals surface area contributed by atoms with Gasteiger partial charge in [-0.15, -0.1) is 0 Å². The minimum Gasteiger partial charge on any atom is -0.352 e. The molecule has 0 aliphatic carbocycles. The molecule has 1 saturated heterocycles. The molecule has 0 amide bonds. The molecule has 0 unspecified atom stereocenters. The molecule has 1 aliphatic rings. The van der Waals surface area contributed by atoms with Gasteiger partial charge in [0.2, 0.25) is 0 Å². The Morgan fingerprint density at radius 1 is 1.13 bits per heavy atom. The second kappa shape index (κ2) is 9.57. The third-order valence-corrected chi connectivity index (χ3v) is 6.34. The summed E-state index contributed by atoms with van der Waals surface area (Å²) >= 11 is 18.5. The van der Waals surface area contributed by atoms with E-state index in [4.69, 9.17) is 35.4 Å². The third kappa shape index (κ3) is 4.72. The van der Waals surface area contributed by atoms with Crippen LogP contribution in [-0.4, -0.2) is 51.6 Å². The fourth-order valence-electron chi connectivity index (χ4n) is 4.06. The van der Waals surface area contributed by atoms with Gasteiger partial charge in [-0.05, 0) is 81.7 Å². The van der Waals surface area contributed by atoms with Gasteiger partial charge < -0.3 is 19.7 Å². The zero-order chi connectivity index (χ0) is 22.0. The highest BCUT2D eigenvalue weighted by Gasteiger charge is 2.41. The lowest BCUT2D eigenvalue weighted by Gasteiger charge is -2.29. The highest BCUT2D eigenvalue weighted by molar-refractivity contribution is 7.80. The first-order valence-electron chi connectivity index (χ1n) is 10.2. The summed E-state index contributed by atoms with van der Waals surface area (Å²) in [6, 6.07) is 15.6. The standard InChI is InChI=1S/C23H25Cl2N5S/c1-28(2)12-6-14-30-22(21(27-23(30)31)18-7-3-4-11-26-18)20-8-5-13-29(20)19-10-9-16(24)15-17(19)25/h3-5,7-11,13,15,21-22H,6,12,14H2,1-2H3,(H,27,31)/t21-,22+/m1/s1. The van der Waals surface area contributed by atoms with Gasteiger partial charge in [0.05, 0.1) is 28.5 Å². The predicted octanol–water partition coefficient (Wildman–Crippen LogP) is 5.10. The molecule has 3 aromatic rings. The van der Waals surface area contributed by atoms with Gasteiger partial charge in [-0.2, -0.15) is 0 Å². The lowest BCUT2D eigenvalue weighted by Crippen LogP contribution is -2.33. The molecule has 4 rings (SSSR count). The van der Waals surface area contributed by atoms with Crippen LogP contribution in [0.2, 0.25) is 10.0 Å². The maximum Gasteiger partial charge on any atom is 0.170 e. The Labute approximate surface area is 198 Å². The third-order valence-electron chi connectivity index (χ3n) is 5.45. The van der Waals surface area contributed by atoms with E-state index in [9.17, 15) is 0 Å². The molecular formula is C23H25Cl2N5S. The Morgan fingerprint density at radius 3 is 2.68 bits per heavy atom. The van der Waals surface area contributed by atoms with Crippen LogP contribution in [-0.2, 0) is 0 Å². The molecule has 162 valence electrons. The zero-order valence-electron chi connectivity index (χ0n) is 17.5. The van der Waals surface area contributed by atoms with E-state index in [-0.39, 0.29) is 12.1 Å². The summed E-state index contributed by atoms with van der Waals surface area (Å²) in [7, 11) is 4.17. The second-order valence-corrected chi connectivity index (χ2v) is 9.11. The van der Waals surface area contributed by atoms with Crippen molar-refractivity contribution >= 4 is 40.5 Å². The monoisotopic (exact) mass is 473 g/mol. The van der Waals surface area contributed by atoms with Crippen molar-refractivity contribution in [3.05, 3.63) is 82.4 Å². The van der Waals surface area contributed by atoms with Crippen LogP contribution in [0.25, 0.3) is 5.69 Å². The summed E-state index contributed by atoms with van der Waals surface area (Å²) in [5.41, 5.74) is 2.94. The average molecular weight is 474 g/mol. The van der Waals surface area contributed by atoms with Gasteiger partial charge in [0.25, 0.3) is 0 Å². The number of halogens is 2. The summed E-state index contributed by atoms with van der Waals surface area (Å²) in [5.74, 6) is 0. The van der Waals surface area contributed by atoms with Crippen molar-refractivity contribution in [1.82, 2.24) is 24.7 Å². The molecule has 2 aromatic heterocycles. The Bertz CT molecular complexity index is 1050. The number of benzene rings is 1. The summed E-state index contributed by atoms with van der Waals surface area (Å²) in [6.07, 6.45) is 4.85. The smallest absolute Gasteiger partial charge is 0.170 e. The molecule has 0 spiro atoms. The normalized spacial score (nSPS) is 18.6. The molecule has 8 heteroatoms. The van der Waals surface area contributed by atoms with E-state index in [0.717, 1.165) is 41.7 Å². The highest BCUT2D eigenvalue weighted by Crippen LogP contribution is 2.40. The molecule has 1 aromatic carbocycles. The van der Waals surface area contributed by atoms with Gasteiger partial charge in [0.15, 0.2) is 5.11 Å². The van der Waals surface area contributed by atoms with Crippen molar-refractivity contribution in [2.45, 2.75) is 18.5 Å². The van der Waals surface area contributed by atoms with Crippen molar-refractivity contribution in [3.63, 3.8) is 0 Å². The summed E-state index contributed by atoms with van der Waals surface area (Å²) in [6.45, 7) is 1.83. The van der Waals surface area contributed by atoms with Crippen LogP contribution in [0.4, 0.5) is 0 Å². The fourth-order valence-corrected chi connectivity index (χ4v) is 4.89. The minimum atomic E-state index is -0.0622. The van der Waals surface area contributed by atoms with E-state index in [2.05, 4.69) is 44.8 Å². The van der Waals surface area contributed by atoms with Gasteiger partial charge in [0.1, 0.15) is 0 Å². The quantitative estimate of drug-likeness (QED) is 0.482. The molecule has 3 heterocycles. The summed E-state index contributed by atoms with van der Waals surface area (Å²) in [4.78, 5) is 9.08. The number of nitrogens with one attached hydrogen (secondary N) is 1. The fraction of sp³-hybridized carbons (Fsp3) is 0.304. The number of aromatic nitrogens is 2. The Hall–Kier alpha value is -2.12. The molecular weight excluding hydrogens is 449 g/mol. The van der Waals surface area contributed by atoms with E-state index < -0.39 is 0 Å². The SMILES string of the molecule is CN(C)CCCN1C(=S)N[C@H](c2ccccn2)[C@@H]1c1cccn1-c1ccc(Cl)cc1Cl. The first-order chi connectivity index (χ1) is 15.0. The largest absolute Gasteiger partial charge is 0.352 e. The minimum absolute atomic E-state index is 0.0219. The van der Waals surface area contributed by atoms with Crippen molar-refractivity contribution < 1.29 is 0 Å². The molecule has 31 heavy (non-hydrogen) atoms. The van der Waals surface area contributed by atoms with Crippen LogP contribution < -0.4 is 5.32 Å². The van der Waals surface area contributed by atoms with Crippen molar-refractivity contribution in [2.75, 3.05) is 27.2 Å². The van der Waals surface area contributed by atoms with Gasteiger partial charge in [-0.25, -0.2) is 0 Å². The van der Waals surface area contributed by atoms with Crippen LogP contribution in [0.1, 0.15) is 29.9 Å². The van der Waals surface area contributed by atoms with Crippen molar-refractivity contribution in [1.29, 1.82) is 0 Å². The van der Waals surface area contributed by atoms with Gasteiger partial charge in [0, 0.05) is 29.7 Å². The van der Waals surface area contributed by atoms with E-state index in [1.165, 1.54) is 0 Å². The lowest BCUT2D eigenvalue weighted by atomic mass is 10.0. The average Bonchev–Trinajstić information content (AvgIpc) is 3.33. The van der Waals surface area contributed by atoms with Crippen LogP contribution in [0.15, 0.2) is 60.9 Å². The number of hydrogen-bond donors (Lipinski definition) is 1. The Morgan fingerprint density at radius 2 is 1.97 bits per heavy atom. The van der Waals surface area contributed by atoms with Gasteiger partial charge >= 0.3 is 0 Å². The molecule has 0 radical (unpaired) electrons. The van der Waals surface area contributed by atoms with Crippen LogP contribution in [0, 0.1) is 0 Å². The molecule has 2 atom stereocenters. The van der Waals surface area contributed by atoms with E-state index >= 15 is 0 Å². The first-order valence-corrected chi connectivity index (χ1v) is 11.4. The second-order valence-electron chi connectivity index (χ2n) is 7.88. The molecule has 1 aliphatic heterocycles. The van der Waals surface area contributed by atoms with Gasteiger partial charge in [-0.3, -0.25) is 4.98 Å². The molecule has 0 saturated carbocycles. The maximum absolute atomic E-state index is 6.56. The number of hydrogen-bond acceptors (Lipinski definition) is 3. The van der Waals surface area contributed by atoms with E-state index in [1.54, 1.807) is 6.07 Å². The number of pyridine rings is 1. The predicted molar refractivity (Wildman–Crippen MR) is 131 cm³/mol. The van der Waals surface area contributed by atoms with Crippen molar-refractivity contribution in [2.24, 2.45) is 0 Å². The summed E-state index contributed by atoms with van der Waals surface area (Å²) in [5, 5.41) is 5.48. The van der Waals surface area contributed by atoms with Crippen LogP contribution in [0.3, 0.4) is 0 Å². The molecule has 5 nitrogen and oxygen atoms in total. The van der Waals surface area contributed by atoms with Crippen LogP contribution >= 0.6 is 35.4 Å². The highest BCUT2D eigenvalue weighted by atomic mass is 35.5. The summed E-state index contributed by atoms with van der Waals surface area (Å²) < 4.78 is 2.12. The molecule has 1 N–H and O–H groups in total. The maximum atomic E-state index is 6.56. The lowest BCUT2D eigenvalue weighted by molar-refractivity contribution is 0.286. The Balaban J connectivity index is 1.76. The van der Waals surface area contributed by atoms with E-state index in [1.807, 2.05) is 48.8 Å². The van der Waals surface area contributed by atoms with Crippen molar-refractivity contribution in [3.8, 4) is 5.69 Å². The first kappa shape index (κ1) is 22.1. The van der Waals surface area contributed by atoms with Crippen LogP contribution in [0.5, 0.6) is 0 Å². The molecule has 0 bridgehead atoms. The van der Waals surface area contributed by atoms with E-state index in [0.29, 0.717) is 10.0 Å². The van der Waals surface area contributed by atoms with Gasteiger partial charge in [-0.1, -0.05) is 29.3 Å². The Kier molecular flexibility index (Phi) is 6.82. The number of nitrogens with zero attached hydrogens (tertiary/aromatic N) is 4. The zero-order valence-corrected chi connectivity index (χ0v) is 19.8. The number of rotatable bonds is 7. The topological polar surface area (TPSA) is 36.3 Å². The molecule has 1 fully saturated rings. The number of thiocarbonyl (C=S) groups is 1.